The van der Waals surface area contributed by atoms with Crippen LogP contribution < -0.4 is 4.44 Å². The molecule has 2 atom stereocenters. The lowest BCUT2D eigenvalue weighted by Gasteiger charge is -2.14. The Kier molecular flexibility index (Phi) is 5.90. The maximum absolute atomic E-state index is 4.08. The van der Waals surface area contributed by atoms with Gasteiger partial charge < -0.3 is 9.42 Å². The van der Waals surface area contributed by atoms with Crippen molar-refractivity contribution >= 4 is 68.2 Å². The van der Waals surface area contributed by atoms with Gasteiger partial charge in [-0.25, -0.2) is 0 Å². The predicted octanol–water partition coefficient (Wildman–Crippen LogP) is 8.53. The summed E-state index contributed by atoms with van der Waals surface area (Å²) in [6.07, 6.45) is 6.30. The SMILES string of the molecule is C=C/C(=C\C(=C/C)c1ccc2[nH]c3c4ccccc4ccc3c2c1)c1cccc(N(P)P)c1. The van der Waals surface area contributed by atoms with Gasteiger partial charge in [-0.3, -0.25) is 0 Å². The predicted molar refractivity (Wildman–Crippen MR) is 153 cm³/mol. The average Bonchev–Trinajstić information content (AvgIpc) is 3.23. The lowest BCUT2D eigenvalue weighted by molar-refractivity contribution is 1.54. The summed E-state index contributed by atoms with van der Waals surface area (Å²) in [6, 6.07) is 28.1. The minimum Gasteiger partial charge on any atom is -0.354 e. The van der Waals surface area contributed by atoms with Crippen LogP contribution in [0.1, 0.15) is 18.1 Å². The van der Waals surface area contributed by atoms with Crippen molar-refractivity contribution in [2.45, 2.75) is 6.92 Å². The third kappa shape index (κ3) is 4.02. The largest absolute Gasteiger partial charge is 0.354 e. The fraction of sp³-hybridized carbons (Fsp3) is 0.0345. The molecular formula is C29H26N2P2. The van der Waals surface area contributed by atoms with Crippen LogP contribution in [-0.4, -0.2) is 4.98 Å². The Labute approximate surface area is 199 Å². The van der Waals surface area contributed by atoms with Crippen LogP contribution in [0, 0.1) is 0 Å². The number of nitrogens with zero attached hydrogens (tertiary/aromatic N) is 1. The van der Waals surface area contributed by atoms with Crippen LogP contribution in [0.4, 0.5) is 5.69 Å². The highest BCUT2D eigenvalue weighted by Gasteiger charge is 2.10. The first-order valence-corrected chi connectivity index (χ1v) is 12.0. The van der Waals surface area contributed by atoms with Crippen molar-refractivity contribution in [3.8, 4) is 0 Å². The zero-order valence-corrected chi connectivity index (χ0v) is 20.9. The summed E-state index contributed by atoms with van der Waals surface area (Å²) >= 11 is 0. The van der Waals surface area contributed by atoms with Crippen LogP contribution in [0.25, 0.3) is 43.7 Å². The lowest BCUT2D eigenvalue weighted by atomic mass is 9.97. The highest BCUT2D eigenvalue weighted by Crippen LogP contribution is 2.34. The van der Waals surface area contributed by atoms with Crippen molar-refractivity contribution in [3.05, 3.63) is 115 Å². The second-order valence-electron chi connectivity index (χ2n) is 8.10. The second kappa shape index (κ2) is 8.99. The molecule has 0 saturated heterocycles. The van der Waals surface area contributed by atoms with Gasteiger partial charge in [0.25, 0.3) is 0 Å². The Balaban J connectivity index is 1.62. The molecule has 2 nitrogen and oxygen atoms in total. The zero-order valence-electron chi connectivity index (χ0n) is 18.5. The molecule has 0 aliphatic heterocycles. The molecule has 0 fully saturated rings. The maximum atomic E-state index is 4.08. The number of fused-ring (bicyclic) bond motifs is 5. The molecule has 0 spiro atoms. The molecule has 0 aliphatic carbocycles. The minimum absolute atomic E-state index is 1.09. The Hall–Kier alpha value is -3.18. The molecule has 0 bridgehead atoms. The average molecular weight is 464 g/mol. The van der Waals surface area contributed by atoms with Crippen LogP contribution in [0.2, 0.25) is 0 Å². The lowest BCUT2D eigenvalue weighted by Crippen LogP contribution is -1.91. The molecule has 1 N–H and O–H groups in total. The summed E-state index contributed by atoms with van der Waals surface area (Å²) in [6.45, 7) is 6.17. The van der Waals surface area contributed by atoms with Crippen LogP contribution >= 0.6 is 18.8 Å². The Morgan fingerprint density at radius 3 is 2.42 bits per heavy atom. The van der Waals surface area contributed by atoms with E-state index < -0.39 is 0 Å². The molecule has 5 aromatic rings. The highest BCUT2D eigenvalue weighted by atomic mass is 31.1. The summed E-state index contributed by atoms with van der Waals surface area (Å²) in [5.74, 6) is 0. The van der Waals surface area contributed by atoms with Gasteiger partial charge in [-0.15, -0.1) is 0 Å². The third-order valence-electron chi connectivity index (χ3n) is 6.15. The van der Waals surface area contributed by atoms with Crippen molar-refractivity contribution in [2.24, 2.45) is 0 Å². The van der Waals surface area contributed by atoms with Gasteiger partial charge in [0.1, 0.15) is 0 Å². The molecule has 2 unspecified atom stereocenters. The quantitative estimate of drug-likeness (QED) is 0.204. The molecule has 0 amide bonds. The van der Waals surface area contributed by atoms with Gasteiger partial charge in [0, 0.05) is 27.4 Å². The van der Waals surface area contributed by atoms with E-state index in [2.05, 4.69) is 128 Å². The molecule has 1 heterocycles. The van der Waals surface area contributed by atoms with Crippen molar-refractivity contribution in [1.29, 1.82) is 0 Å². The first-order chi connectivity index (χ1) is 16.1. The van der Waals surface area contributed by atoms with E-state index in [1.165, 1.54) is 38.2 Å². The Morgan fingerprint density at radius 2 is 1.64 bits per heavy atom. The van der Waals surface area contributed by atoms with E-state index >= 15 is 0 Å². The van der Waals surface area contributed by atoms with E-state index in [4.69, 9.17) is 0 Å². The molecule has 33 heavy (non-hydrogen) atoms. The van der Waals surface area contributed by atoms with E-state index in [1.807, 2.05) is 10.5 Å². The molecule has 4 heteroatoms. The first-order valence-electron chi connectivity index (χ1n) is 10.9. The topological polar surface area (TPSA) is 19.0 Å². The summed E-state index contributed by atoms with van der Waals surface area (Å²) in [7, 11) is 5.34. The molecule has 1 aromatic heterocycles. The molecule has 0 radical (unpaired) electrons. The smallest absolute Gasteiger partial charge is 0.0544 e. The van der Waals surface area contributed by atoms with Crippen molar-refractivity contribution in [2.75, 3.05) is 4.44 Å². The number of anilines is 1. The number of nitrogens with one attached hydrogen (secondary N) is 1. The minimum atomic E-state index is 1.09. The summed E-state index contributed by atoms with van der Waals surface area (Å²) < 4.78 is 1.95. The molecule has 0 aliphatic rings. The van der Waals surface area contributed by atoms with Gasteiger partial charge in [-0.2, -0.15) is 0 Å². The second-order valence-corrected chi connectivity index (χ2v) is 9.81. The summed E-state index contributed by atoms with van der Waals surface area (Å²) in [5, 5.41) is 5.00. The summed E-state index contributed by atoms with van der Waals surface area (Å²) in [4.78, 5) is 3.64. The number of benzene rings is 4. The number of hydrogen-bond donors (Lipinski definition) is 1. The highest BCUT2D eigenvalue weighted by molar-refractivity contribution is 7.39. The van der Waals surface area contributed by atoms with Crippen molar-refractivity contribution in [3.63, 3.8) is 0 Å². The number of hydrogen-bond acceptors (Lipinski definition) is 1. The van der Waals surface area contributed by atoms with E-state index in [0.29, 0.717) is 0 Å². The number of aromatic nitrogens is 1. The molecular weight excluding hydrogens is 438 g/mol. The van der Waals surface area contributed by atoms with E-state index in [-0.39, 0.29) is 0 Å². The van der Waals surface area contributed by atoms with Gasteiger partial charge in [0.05, 0.1) is 5.52 Å². The molecule has 162 valence electrons. The third-order valence-corrected chi connectivity index (χ3v) is 6.75. The maximum Gasteiger partial charge on any atom is 0.0544 e. The van der Waals surface area contributed by atoms with E-state index in [9.17, 15) is 0 Å². The van der Waals surface area contributed by atoms with Crippen molar-refractivity contribution < 1.29 is 0 Å². The zero-order chi connectivity index (χ0) is 22.9. The normalized spacial score (nSPS) is 12.6. The number of H-pyrrole nitrogens is 1. The van der Waals surface area contributed by atoms with Gasteiger partial charge >= 0.3 is 0 Å². The first kappa shape index (κ1) is 21.7. The molecule has 5 rings (SSSR count). The number of aromatic amines is 1. The Morgan fingerprint density at radius 1 is 0.818 bits per heavy atom. The standard InChI is InChI=1S/C29H26N2P2/c1-3-19(22-9-7-10-24(17-22)31(32)33)16-20(4-2)23-13-15-28-27(18-23)26-14-12-21-8-5-6-11-25(21)29(26)30-28/h3-18,30H,1,32-33H2,2H3/b19-16+,20-4+. The molecule has 4 aromatic carbocycles. The van der Waals surface area contributed by atoms with Gasteiger partial charge in [0.2, 0.25) is 0 Å². The van der Waals surface area contributed by atoms with Gasteiger partial charge in [-0.05, 0) is 83.7 Å². The van der Waals surface area contributed by atoms with Crippen molar-refractivity contribution in [1.82, 2.24) is 4.98 Å². The van der Waals surface area contributed by atoms with Crippen LogP contribution in [0.15, 0.2) is 104 Å². The van der Waals surface area contributed by atoms with Gasteiger partial charge in [0.15, 0.2) is 0 Å². The fourth-order valence-corrected chi connectivity index (χ4v) is 4.75. The fourth-order valence-electron chi connectivity index (χ4n) is 4.43. The van der Waals surface area contributed by atoms with Crippen LogP contribution in [0.3, 0.4) is 0 Å². The van der Waals surface area contributed by atoms with E-state index in [0.717, 1.165) is 22.3 Å². The van der Waals surface area contributed by atoms with Crippen LogP contribution in [-0.2, 0) is 0 Å². The Bertz CT molecular complexity index is 1570. The van der Waals surface area contributed by atoms with E-state index in [1.54, 1.807) is 0 Å². The number of rotatable bonds is 5. The number of allylic oxidation sites excluding steroid dienone is 5. The van der Waals surface area contributed by atoms with Gasteiger partial charge in [-0.1, -0.05) is 73.3 Å². The molecule has 0 saturated carbocycles. The monoisotopic (exact) mass is 464 g/mol. The summed E-state index contributed by atoms with van der Waals surface area (Å²) in [5.41, 5.74) is 8.03. The van der Waals surface area contributed by atoms with Crippen LogP contribution in [0.5, 0.6) is 0 Å².